The zero-order valence-corrected chi connectivity index (χ0v) is 11.9. The minimum absolute atomic E-state index is 0.00648. The summed E-state index contributed by atoms with van der Waals surface area (Å²) >= 11 is 0. The summed E-state index contributed by atoms with van der Waals surface area (Å²) in [4.78, 5) is 0. The zero-order chi connectivity index (χ0) is 13.0. The molecule has 0 aromatic rings. The Kier molecular flexibility index (Phi) is 5.00. The largest absolute Gasteiger partial charge is 0.329 e. The van der Waals surface area contributed by atoms with Crippen LogP contribution in [0.3, 0.4) is 0 Å². The van der Waals surface area contributed by atoms with Gasteiger partial charge in [-0.15, -0.1) is 0 Å². The van der Waals surface area contributed by atoms with Gasteiger partial charge in [-0.25, -0.2) is 0 Å². The molecule has 0 aromatic carbocycles. The van der Waals surface area contributed by atoms with E-state index in [4.69, 9.17) is 5.73 Å². The summed E-state index contributed by atoms with van der Waals surface area (Å²) in [5.41, 5.74) is 5.73. The first-order valence-electron chi connectivity index (χ1n) is 7.13. The van der Waals surface area contributed by atoms with Gasteiger partial charge in [-0.1, -0.05) is 19.3 Å². The monoisotopic (exact) mass is 275 g/mol. The highest BCUT2D eigenvalue weighted by Gasteiger charge is 2.35. The topological polar surface area (TPSA) is 66.6 Å². The summed E-state index contributed by atoms with van der Waals surface area (Å²) in [6.45, 7) is 2.43. The van der Waals surface area contributed by atoms with Gasteiger partial charge in [0, 0.05) is 32.2 Å². The molecule has 18 heavy (non-hydrogen) atoms. The fourth-order valence-corrected chi connectivity index (χ4v) is 4.88. The quantitative estimate of drug-likeness (QED) is 0.833. The Bertz CT molecular complexity index is 350. The predicted molar refractivity (Wildman–Crippen MR) is 72.4 cm³/mol. The number of piperidine rings is 1. The molecule has 0 spiro atoms. The molecule has 0 amide bonds. The standard InChI is InChI=1S/C12H25N3O2S/c13-11-12-7-3-6-10-15(12)18(16,17)14-8-4-1-2-5-9-14/h12H,1-11,13H2. The van der Waals surface area contributed by atoms with E-state index in [0.717, 1.165) is 44.9 Å². The van der Waals surface area contributed by atoms with Crippen molar-refractivity contribution < 1.29 is 8.42 Å². The summed E-state index contributed by atoms with van der Waals surface area (Å²) < 4.78 is 28.6. The molecule has 2 heterocycles. The Morgan fingerprint density at radius 2 is 1.56 bits per heavy atom. The van der Waals surface area contributed by atoms with Crippen LogP contribution in [0.15, 0.2) is 0 Å². The Morgan fingerprint density at radius 3 is 2.17 bits per heavy atom. The lowest BCUT2D eigenvalue weighted by Gasteiger charge is -2.37. The lowest BCUT2D eigenvalue weighted by Crippen LogP contribution is -2.53. The third kappa shape index (κ3) is 3.04. The summed E-state index contributed by atoms with van der Waals surface area (Å²) in [5.74, 6) is 0. The van der Waals surface area contributed by atoms with Crippen molar-refractivity contribution in [2.24, 2.45) is 5.73 Å². The van der Waals surface area contributed by atoms with Gasteiger partial charge in [-0.05, 0) is 25.7 Å². The summed E-state index contributed by atoms with van der Waals surface area (Å²) in [6.07, 6.45) is 7.22. The number of nitrogens with two attached hydrogens (primary N) is 1. The lowest BCUT2D eigenvalue weighted by molar-refractivity contribution is 0.236. The molecule has 2 fully saturated rings. The van der Waals surface area contributed by atoms with E-state index in [1.165, 1.54) is 0 Å². The normalized spacial score (nSPS) is 29.1. The maximum absolute atomic E-state index is 12.7. The second-order valence-electron chi connectivity index (χ2n) is 5.32. The molecule has 2 rings (SSSR count). The molecular formula is C12H25N3O2S. The molecule has 2 N–H and O–H groups in total. The van der Waals surface area contributed by atoms with Gasteiger partial charge in [-0.3, -0.25) is 0 Å². The van der Waals surface area contributed by atoms with Crippen LogP contribution >= 0.6 is 0 Å². The van der Waals surface area contributed by atoms with E-state index in [9.17, 15) is 8.42 Å². The van der Waals surface area contributed by atoms with E-state index in [-0.39, 0.29) is 6.04 Å². The Hall–Kier alpha value is -0.170. The van der Waals surface area contributed by atoms with Crippen molar-refractivity contribution >= 4 is 10.2 Å². The molecule has 2 saturated heterocycles. The van der Waals surface area contributed by atoms with E-state index in [1.54, 1.807) is 8.61 Å². The molecule has 0 aromatic heterocycles. The second kappa shape index (κ2) is 6.32. The number of nitrogens with zero attached hydrogens (tertiary/aromatic N) is 2. The highest BCUT2D eigenvalue weighted by atomic mass is 32.2. The molecule has 2 aliphatic rings. The van der Waals surface area contributed by atoms with Crippen LogP contribution < -0.4 is 5.73 Å². The molecule has 106 valence electrons. The van der Waals surface area contributed by atoms with Crippen molar-refractivity contribution in [2.75, 3.05) is 26.2 Å². The van der Waals surface area contributed by atoms with Gasteiger partial charge in [0.2, 0.25) is 0 Å². The van der Waals surface area contributed by atoms with Gasteiger partial charge in [0.1, 0.15) is 0 Å². The van der Waals surface area contributed by atoms with Crippen LogP contribution in [-0.2, 0) is 10.2 Å². The van der Waals surface area contributed by atoms with Gasteiger partial charge in [0.25, 0.3) is 10.2 Å². The Labute approximate surface area is 110 Å². The first-order valence-corrected chi connectivity index (χ1v) is 8.53. The maximum Gasteiger partial charge on any atom is 0.282 e. The van der Waals surface area contributed by atoms with Crippen LogP contribution in [0.4, 0.5) is 0 Å². The first-order chi connectivity index (χ1) is 8.66. The molecule has 2 aliphatic heterocycles. The fraction of sp³-hybridized carbons (Fsp3) is 1.00. The van der Waals surface area contributed by atoms with E-state index >= 15 is 0 Å². The maximum atomic E-state index is 12.7. The molecule has 1 atom stereocenters. The van der Waals surface area contributed by atoms with Gasteiger partial charge in [0.15, 0.2) is 0 Å². The molecule has 0 aliphatic carbocycles. The summed E-state index contributed by atoms with van der Waals surface area (Å²) in [5, 5.41) is 0. The van der Waals surface area contributed by atoms with E-state index in [2.05, 4.69) is 0 Å². The van der Waals surface area contributed by atoms with Crippen molar-refractivity contribution in [3.63, 3.8) is 0 Å². The van der Waals surface area contributed by atoms with E-state index in [0.29, 0.717) is 26.2 Å². The van der Waals surface area contributed by atoms with Crippen molar-refractivity contribution in [3.05, 3.63) is 0 Å². The highest BCUT2D eigenvalue weighted by Crippen LogP contribution is 2.24. The van der Waals surface area contributed by atoms with Gasteiger partial charge in [-0.2, -0.15) is 17.0 Å². The van der Waals surface area contributed by atoms with Crippen molar-refractivity contribution in [1.82, 2.24) is 8.61 Å². The van der Waals surface area contributed by atoms with Crippen LogP contribution in [0, 0.1) is 0 Å². The minimum Gasteiger partial charge on any atom is -0.329 e. The summed E-state index contributed by atoms with van der Waals surface area (Å²) in [6, 6.07) is 0.00648. The fourth-order valence-electron chi connectivity index (χ4n) is 2.93. The van der Waals surface area contributed by atoms with Gasteiger partial charge in [0.05, 0.1) is 0 Å². The average Bonchev–Trinajstić information content (AvgIpc) is 2.68. The van der Waals surface area contributed by atoms with Gasteiger partial charge < -0.3 is 5.73 Å². The predicted octanol–water partition coefficient (Wildman–Crippen LogP) is 0.920. The van der Waals surface area contributed by atoms with Crippen LogP contribution in [0.5, 0.6) is 0 Å². The molecule has 5 nitrogen and oxygen atoms in total. The zero-order valence-electron chi connectivity index (χ0n) is 11.1. The van der Waals surface area contributed by atoms with E-state index in [1.807, 2.05) is 0 Å². The molecular weight excluding hydrogens is 250 g/mol. The minimum atomic E-state index is -3.28. The van der Waals surface area contributed by atoms with Gasteiger partial charge >= 0.3 is 0 Å². The van der Waals surface area contributed by atoms with Crippen LogP contribution in [0.2, 0.25) is 0 Å². The summed E-state index contributed by atoms with van der Waals surface area (Å²) in [7, 11) is -3.28. The lowest BCUT2D eigenvalue weighted by atomic mass is 10.1. The third-order valence-electron chi connectivity index (χ3n) is 4.03. The Morgan fingerprint density at radius 1 is 0.944 bits per heavy atom. The first kappa shape index (κ1) is 14.2. The molecule has 0 saturated carbocycles. The molecule has 6 heteroatoms. The highest BCUT2D eigenvalue weighted by molar-refractivity contribution is 7.86. The average molecular weight is 275 g/mol. The second-order valence-corrected chi connectivity index (χ2v) is 7.20. The van der Waals surface area contributed by atoms with Crippen molar-refractivity contribution in [1.29, 1.82) is 0 Å². The smallest absolute Gasteiger partial charge is 0.282 e. The van der Waals surface area contributed by atoms with Crippen molar-refractivity contribution in [3.8, 4) is 0 Å². The number of hydrogen-bond acceptors (Lipinski definition) is 3. The SMILES string of the molecule is NCC1CCCCN1S(=O)(=O)N1CCCCCC1. The van der Waals surface area contributed by atoms with Crippen molar-refractivity contribution in [2.45, 2.75) is 51.0 Å². The number of hydrogen-bond donors (Lipinski definition) is 1. The van der Waals surface area contributed by atoms with Crippen LogP contribution in [0.25, 0.3) is 0 Å². The Balaban J connectivity index is 2.12. The molecule has 1 unspecified atom stereocenters. The third-order valence-corrected chi connectivity index (χ3v) is 6.12. The van der Waals surface area contributed by atoms with Crippen LogP contribution in [0.1, 0.15) is 44.9 Å². The number of rotatable bonds is 3. The van der Waals surface area contributed by atoms with E-state index < -0.39 is 10.2 Å². The molecule has 0 radical (unpaired) electrons. The van der Waals surface area contributed by atoms with Crippen LogP contribution in [-0.4, -0.2) is 49.2 Å². The molecule has 0 bridgehead atoms.